The van der Waals surface area contributed by atoms with Crippen LogP contribution in [0.1, 0.15) is 30.1 Å². The van der Waals surface area contributed by atoms with E-state index in [-0.39, 0.29) is 5.91 Å². The minimum absolute atomic E-state index is 0.0958. The molecule has 2 aromatic rings. The highest BCUT2D eigenvalue weighted by Gasteiger charge is 2.22. The van der Waals surface area contributed by atoms with Crippen molar-refractivity contribution < 1.29 is 9.53 Å². The van der Waals surface area contributed by atoms with Crippen molar-refractivity contribution in [1.29, 1.82) is 0 Å². The molecule has 28 heavy (non-hydrogen) atoms. The number of morpholine rings is 1. The molecule has 2 aliphatic heterocycles. The third kappa shape index (κ3) is 4.28. The van der Waals surface area contributed by atoms with Crippen LogP contribution in [0.3, 0.4) is 0 Å². The number of carbonyl (C=O) groups is 1. The maximum absolute atomic E-state index is 12.9. The summed E-state index contributed by atoms with van der Waals surface area (Å²) in [6, 6.07) is 11.9. The van der Waals surface area contributed by atoms with Crippen LogP contribution in [0.2, 0.25) is 0 Å². The van der Waals surface area contributed by atoms with E-state index in [1.165, 1.54) is 6.42 Å². The normalized spacial score (nSPS) is 20.1. The zero-order valence-corrected chi connectivity index (χ0v) is 16.4. The van der Waals surface area contributed by atoms with Crippen LogP contribution in [0.15, 0.2) is 42.6 Å². The summed E-state index contributed by atoms with van der Waals surface area (Å²) >= 11 is 0. The molecule has 6 heteroatoms. The van der Waals surface area contributed by atoms with Crippen molar-refractivity contribution in [2.45, 2.75) is 19.8 Å². The van der Waals surface area contributed by atoms with Crippen LogP contribution in [0, 0.1) is 5.92 Å². The summed E-state index contributed by atoms with van der Waals surface area (Å²) in [7, 11) is 0. The molecule has 0 aliphatic carbocycles. The Kier molecular flexibility index (Phi) is 5.76. The topological polar surface area (TPSA) is 57.7 Å². The predicted molar refractivity (Wildman–Crippen MR) is 111 cm³/mol. The van der Waals surface area contributed by atoms with Crippen LogP contribution < -0.4 is 10.2 Å². The molecule has 1 amide bonds. The summed E-state index contributed by atoms with van der Waals surface area (Å²) in [6.07, 6.45) is 3.99. The number of likely N-dealkylation sites (tertiary alicyclic amines) is 1. The molecule has 2 fully saturated rings. The van der Waals surface area contributed by atoms with Gasteiger partial charge in [-0.2, -0.15) is 0 Å². The minimum Gasteiger partial charge on any atom is -0.378 e. The number of hydrogen-bond acceptors (Lipinski definition) is 5. The molecule has 0 saturated carbocycles. The van der Waals surface area contributed by atoms with Crippen LogP contribution in [-0.2, 0) is 4.74 Å². The van der Waals surface area contributed by atoms with E-state index >= 15 is 0 Å². The molecule has 1 atom stereocenters. The Morgan fingerprint density at radius 1 is 1.18 bits per heavy atom. The van der Waals surface area contributed by atoms with E-state index < -0.39 is 0 Å². The Labute approximate surface area is 166 Å². The van der Waals surface area contributed by atoms with Crippen molar-refractivity contribution in [2.24, 2.45) is 5.92 Å². The molecule has 2 saturated heterocycles. The van der Waals surface area contributed by atoms with Crippen molar-refractivity contribution in [3.63, 3.8) is 0 Å². The predicted octanol–water partition coefficient (Wildman–Crippen LogP) is 3.53. The fourth-order valence-electron chi connectivity index (χ4n) is 3.99. The molecular formula is C22H28N4O2. The Morgan fingerprint density at radius 2 is 2.00 bits per heavy atom. The lowest BCUT2D eigenvalue weighted by Crippen LogP contribution is -2.39. The molecule has 1 N–H and O–H groups in total. The van der Waals surface area contributed by atoms with Crippen LogP contribution in [0.25, 0.3) is 0 Å². The fourth-order valence-corrected chi connectivity index (χ4v) is 3.99. The van der Waals surface area contributed by atoms with Gasteiger partial charge in [-0.15, -0.1) is 0 Å². The molecule has 1 unspecified atom stereocenters. The van der Waals surface area contributed by atoms with Crippen LogP contribution in [0.4, 0.5) is 17.2 Å². The number of aromatic nitrogens is 1. The molecular weight excluding hydrogens is 352 g/mol. The van der Waals surface area contributed by atoms with Gasteiger partial charge in [0.2, 0.25) is 0 Å². The van der Waals surface area contributed by atoms with Crippen molar-refractivity contribution in [3.8, 4) is 0 Å². The van der Waals surface area contributed by atoms with Crippen LogP contribution in [-0.4, -0.2) is 55.2 Å². The van der Waals surface area contributed by atoms with Gasteiger partial charge in [-0.1, -0.05) is 19.1 Å². The number of ether oxygens (including phenoxy) is 1. The summed E-state index contributed by atoms with van der Waals surface area (Å²) in [5.74, 6) is 1.35. The van der Waals surface area contributed by atoms with Gasteiger partial charge in [0, 0.05) is 37.9 Å². The van der Waals surface area contributed by atoms with Gasteiger partial charge in [-0.3, -0.25) is 4.79 Å². The van der Waals surface area contributed by atoms with Crippen LogP contribution in [0.5, 0.6) is 0 Å². The number of para-hydroxylation sites is 2. The van der Waals surface area contributed by atoms with Gasteiger partial charge in [0.05, 0.1) is 24.6 Å². The van der Waals surface area contributed by atoms with Crippen molar-refractivity contribution in [1.82, 2.24) is 9.88 Å². The first kappa shape index (κ1) is 18.7. The quantitative estimate of drug-likeness (QED) is 0.879. The maximum atomic E-state index is 12.9. The monoisotopic (exact) mass is 380 g/mol. The first-order chi connectivity index (χ1) is 13.7. The number of piperidine rings is 1. The zero-order chi connectivity index (χ0) is 19.3. The van der Waals surface area contributed by atoms with E-state index in [0.717, 1.165) is 57.2 Å². The van der Waals surface area contributed by atoms with Gasteiger partial charge in [0.15, 0.2) is 0 Å². The average molecular weight is 380 g/mol. The van der Waals surface area contributed by atoms with E-state index in [9.17, 15) is 4.79 Å². The third-order valence-corrected chi connectivity index (χ3v) is 5.47. The average Bonchev–Trinajstić information content (AvgIpc) is 2.74. The molecule has 0 radical (unpaired) electrons. The smallest absolute Gasteiger partial charge is 0.254 e. The molecule has 148 valence electrons. The highest BCUT2D eigenvalue weighted by Crippen LogP contribution is 2.29. The third-order valence-electron chi connectivity index (χ3n) is 5.47. The highest BCUT2D eigenvalue weighted by molar-refractivity contribution is 5.95. The summed E-state index contributed by atoms with van der Waals surface area (Å²) in [4.78, 5) is 21.6. The van der Waals surface area contributed by atoms with Gasteiger partial charge in [-0.05, 0) is 43.0 Å². The van der Waals surface area contributed by atoms with Gasteiger partial charge >= 0.3 is 0 Å². The molecule has 1 aromatic heterocycles. The lowest BCUT2D eigenvalue weighted by Gasteiger charge is -2.31. The number of amides is 1. The van der Waals surface area contributed by atoms with E-state index in [2.05, 4.69) is 28.2 Å². The van der Waals surface area contributed by atoms with E-state index in [1.54, 1.807) is 12.3 Å². The Bertz CT molecular complexity index is 820. The number of nitrogens with zero attached hydrogens (tertiary/aromatic N) is 3. The molecule has 1 aromatic carbocycles. The molecule has 0 bridgehead atoms. The SMILES string of the molecule is CC1CCCN(C(=O)c2ccnc(Nc3ccccc3N3CCOCC3)c2)C1. The summed E-state index contributed by atoms with van der Waals surface area (Å²) in [5.41, 5.74) is 2.82. The lowest BCUT2D eigenvalue weighted by molar-refractivity contribution is 0.0683. The van der Waals surface area contributed by atoms with Crippen molar-refractivity contribution in [2.75, 3.05) is 49.6 Å². The number of nitrogens with one attached hydrogen (secondary N) is 1. The fraction of sp³-hybridized carbons (Fsp3) is 0.455. The highest BCUT2D eigenvalue weighted by atomic mass is 16.5. The minimum atomic E-state index is 0.0958. The summed E-state index contributed by atoms with van der Waals surface area (Å²) in [6.45, 7) is 7.12. The van der Waals surface area contributed by atoms with E-state index in [0.29, 0.717) is 17.3 Å². The second kappa shape index (κ2) is 8.61. The summed E-state index contributed by atoms with van der Waals surface area (Å²) < 4.78 is 5.47. The molecule has 3 heterocycles. The zero-order valence-electron chi connectivity index (χ0n) is 16.4. The maximum Gasteiger partial charge on any atom is 0.254 e. The van der Waals surface area contributed by atoms with Gasteiger partial charge < -0.3 is 19.9 Å². The van der Waals surface area contributed by atoms with Gasteiger partial charge in [0.1, 0.15) is 5.82 Å². The Morgan fingerprint density at radius 3 is 2.82 bits per heavy atom. The molecule has 2 aliphatic rings. The largest absolute Gasteiger partial charge is 0.378 e. The van der Waals surface area contributed by atoms with E-state index in [4.69, 9.17) is 4.74 Å². The summed E-state index contributed by atoms with van der Waals surface area (Å²) in [5, 5.41) is 3.41. The molecule has 4 rings (SSSR count). The van der Waals surface area contributed by atoms with Crippen LogP contribution >= 0.6 is 0 Å². The number of anilines is 3. The number of benzene rings is 1. The number of hydrogen-bond donors (Lipinski definition) is 1. The second-order valence-corrected chi connectivity index (χ2v) is 7.67. The van der Waals surface area contributed by atoms with Crippen molar-refractivity contribution in [3.05, 3.63) is 48.2 Å². The molecule has 0 spiro atoms. The Balaban J connectivity index is 1.52. The van der Waals surface area contributed by atoms with E-state index in [1.807, 2.05) is 29.2 Å². The number of carbonyl (C=O) groups excluding carboxylic acids is 1. The number of rotatable bonds is 4. The Hall–Kier alpha value is -2.60. The van der Waals surface area contributed by atoms with Gasteiger partial charge in [0.25, 0.3) is 5.91 Å². The second-order valence-electron chi connectivity index (χ2n) is 7.67. The number of pyridine rings is 1. The van der Waals surface area contributed by atoms with Gasteiger partial charge in [-0.25, -0.2) is 4.98 Å². The first-order valence-corrected chi connectivity index (χ1v) is 10.1. The van der Waals surface area contributed by atoms with Crippen molar-refractivity contribution >= 4 is 23.1 Å². The first-order valence-electron chi connectivity index (χ1n) is 10.1. The molecule has 6 nitrogen and oxygen atoms in total. The lowest BCUT2D eigenvalue weighted by atomic mass is 9.99. The standard InChI is InChI=1S/C22H28N4O2/c1-17-5-4-10-26(16-17)22(27)18-8-9-23-21(15-18)24-19-6-2-3-7-20(19)25-11-13-28-14-12-25/h2-3,6-9,15,17H,4-5,10-14,16H2,1H3,(H,23,24).